The topological polar surface area (TPSA) is 133 Å². The van der Waals surface area contributed by atoms with Gasteiger partial charge in [0.15, 0.2) is 0 Å². The second kappa shape index (κ2) is 7.97. The number of carbonyl (C=O) groups excluding carboxylic acids is 1. The van der Waals surface area contributed by atoms with Crippen LogP contribution < -0.4 is 21.3 Å². The molecule has 2 aromatic heterocycles. The summed E-state index contributed by atoms with van der Waals surface area (Å²) >= 11 is 0. The zero-order valence-electron chi connectivity index (χ0n) is 13.7. The molecule has 2 heterocycles. The molecule has 0 saturated carbocycles. The van der Waals surface area contributed by atoms with Gasteiger partial charge < -0.3 is 15.0 Å². The van der Waals surface area contributed by atoms with Crippen molar-refractivity contribution in [1.82, 2.24) is 25.5 Å². The van der Waals surface area contributed by atoms with Gasteiger partial charge in [-0.1, -0.05) is 18.2 Å². The number of amides is 1. The van der Waals surface area contributed by atoms with Crippen LogP contribution in [0.4, 0.5) is 0 Å². The van der Waals surface area contributed by atoms with Gasteiger partial charge in [-0.3, -0.25) is 19.7 Å². The van der Waals surface area contributed by atoms with E-state index < -0.39 is 11.2 Å². The van der Waals surface area contributed by atoms with Crippen molar-refractivity contribution in [2.75, 3.05) is 6.54 Å². The average Bonchev–Trinajstić information content (AvgIpc) is 3.12. The summed E-state index contributed by atoms with van der Waals surface area (Å²) in [5.74, 6) is 0.354. The number of aromatic nitrogens is 4. The van der Waals surface area contributed by atoms with E-state index in [2.05, 4.69) is 25.5 Å². The molecule has 1 aromatic carbocycles. The van der Waals surface area contributed by atoms with Crippen LogP contribution in [-0.2, 0) is 13.0 Å². The van der Waals surface area contributed by atoms with Crippen LogP contribution in [0.1, 0.15) is 21.7 Å². The third-order valence-electron chi connectivity index (χ3n) is 3.58. The third kappa shape index (κ3) is 4.47. The zero-order valence-corrected chi connectivity index (χ0v) is 13.7. The number of hydrogen-bond donors (Lipinski definition) is 4. The lowest BCUT2D eigenvalue weighted by Gasteiger charge is -2.03. The summed E-state index contributed by atoms with van der Waals surface area (Å²) < 4.78 is 5.58. The van der Waals surface area contributed by atoms with Crippen molar-refractivity contribution in [3.8, 4) is 5.75 Å². The molecule has 0 bridgehead atoms. The molecule has 0 aliphatic heterocycles. The molecule has 0 saturated heterocycles. The fourth-order valence-electron chi connectivity index (χ4n) is 2.25. The minimum atomic E-state index is -0.565. The van der Waals surface area contributed by atoms with Gasteiger partial charge in [0.05, 0.1) is 5.69 Å². The standard InChI is InChI=1S/C17H17N5O4/c23-15-11(9-19-17(25)20-15)6-7-18-16(24)14-8-12(21-22-14)10-26-13-4-2-1-3-5-13/h1-5,8-9H,6-7,10H2,(H,18,24)(H,21,22)(H2,19,20,23,25). The maximum Gasteiger partial charge on any atom is 0.325 e. The number of carbonyl (C=O) groups is 1. The Morgan fingerprint density at radius 3 is 2.77 bits per heavy atom. The first kappa shape index (κ1) is 17.2. The van der Waals surface area contributed by atoms with E-state index in [-0.39, 0.29) is 31.2 Å². The number of benzene rings is 1. The Hall–Kier alpha value is -3.62. The largest absolute Gasteiger partial charge is 0.487 e. The minimum Gasteiger partial charge on any atom is -0.487 e. The van der Waals surface area contributed by atoms with Crippen molar-refractivity contribution in [1.29, 1.82) is 0 Å². The number of hydrogen-bond acceptors (Lipinski definition) is 5. The predicted molar refractivity (Wildman–Crippen MR) is 93.1 cm³/mol. The fraction of sp³-hybridized carbons (Fsp3) is 0.176. The van der Waals surface area contributed by atoms with Crippen molar-refractivity contribution in [2.45, 2.75) is 13.0 Å². The molecule has 26 heavy (non-hydrogen) atoms. The molecule has 0 radical (unpaired) electrons. The third-order valence-corrected chi connectivity index (χ3v) is 3.58. The molecular weight excluding hydrogens is 338 g/mol. The lowest BCUT2D eigenvalue weighted by Crippen LogP contribution is -2.30. The Morgan fingerprint density at radius 2 is 2.00 bits per heavy atom. The van der Waals surface area contributed by atoms with Crippen LogP contribution in [0.15, 0.2) is 52.2 Å². The Labute approximate surface area is 147 Å². The number of H-pyrrole nitrogens is 3. The molecule has 9 nitrogen and oxygen atoms in total. The maximum absolute atomic E-state index is 12.1. The first-order valence-electron chi connectivity index (χ1n) is 7.93. The normalized spacial score (nSPS) is 10.5. The number of aromatic amines is 3. The number of nitrogens with one attached hydrogen (secondary N) is 4. The highest BCUT2D eigenvalue weighted by atomic mass is 16.5. The van der Waals surface area contributed by atoms with E-state index in [1.54, 1.807) is 6.07 Å². The summed E-state index contributed by atoms with van der Waals surface area (Å²) in [5.41, 5.74) is 0.236. The highest BCUT2D eigenvalue weighted by Gasteiger charge is 2.11. The first-order chi connectivity index (χ1) is 12.6. The highest BCUT2D eigenvalue weighted by Crippen LogP contribution is 2.11. The summed E-state index contributed by atoms with van der Waals surface area (Å²) in [4.78, 5) is 39.1. The van der Waals surface area contributed by atoms with Crippen molar-refractivity contribution in [3.63, 3.8) is 0 Å². The molecule has 0 fully saturated rings. The number of nitrogens with zero attached hydrogens (tertiary/aromatic N) is 1. The van der Waals surface area contributed by atoms with Gasteiger partial charge in [0.1, 0.15) is 18.1 Å². The summed E-state index contributed by atoms with van der Waals surface area (Å²) in [5, 5.41) is 9.37. The zero-order chi connectivity index (χ0) is 18.4. The number of para-hydroxylation sites is 1. The predicted octanol–water partition coefficient (Wildman–Crippen LogP) is 0.338. The van der Waals surface area contributed by atoms with Crippen LogP contribution in [0.3, 0.4) is 0 Å². The van der Waals surface area contributed by atoms with E-state index in [0.29, 0.717) is 11.3 Å². The number of ether oxygens (including phenoxy) is 1. The lowest BCUT2D eigenvalue weighted by atomic mass is 10.2. The molecule has 3 aromatic rings. The van der Waals surface area contributed by atoms with E-state index in [4.69, 9.17) is 4.74 Å². The van der Waals surface area contributed by atoms with Crippen molar-refractivity contribution in [2.24, 2.45) is 0 Å². The van der Waals surface area contributed by atoms with E-state index >= 15 is 0 Å². The van der Waals surface area contributed by atoms with Gasteiger partial charge in [-0.15, -0.1) is 0 Å². The van der Waals surface area contributed by atoms with E-state index in [1.807, 2.05) is 30.3 Å². The highest BCUT2D eigenvalue weighted by molar-refractivity contribution is 5.92. The summed E-state index contributed by atoms with van der Waals surface area (Å²) in [7, 11) is 0. The molecular formula is C17H17N5O4. The van der Waals surface area contributed by atoms with Gasteiger partial charge >= 0.3 is 5.69 Å². The molecule has 0 aliphatic carbocycles. The molecule has 9 heteroatoms. The fourth-order valence-corrected chi connectivity index (χ4v) is 2.25. The van der Waals surface area contributed by atoms with E-state index in [9.17, 15) is 14.4 Å². The Balaban J connectivity index is 1.50. The molecule has 134 valence electrons. The van der Waals surface area contributed by atoms with Crippen LogP contribution in [0.25, 0.3) is 0 Å². The summed E-state index contributed by atoms with van der Waals surface area (Å²) in [6.45, 7) is 0.494. The SMILES string of the molecule is O=C(NCCc1c[nH]c(=O)[nH]c1=O)c1cc(COc2ccccc2)[nH]n1. The second-order valence-electron chi connectivity index (χ2n) is 5.48. The van der Waals surface area contributed by atoms with Gasteiger partial charge in [-0.05, 0) is 24.6 Å². The Morgan fingerprint density at radius 1 is 1.19 bits per heavy atom. The van der Waals surface area contributed by atoms with Crippen LogP contribution in [0.5, 0.6) is 5.75 Å². The molecule has 3 rings (SSSR count). The molecule has 0 atom stereocenters. The molecule has 0 unspecified atom stereocenters. The van der Waals surface area contributed by atoms with Gasteiger partial charge in [0, 0.05) is 18.3 Å². The molecule has 4 N–H and O–H groups in total. The van der Waals surface area contributed by atoms with E-state index in [0.717, 1.165) is 5.75 Å². The quantitative estimate of drug-likeness (QED) is 0.485. The van der Waals surface area contributed by atoms with Crippen molar-refractivity contribution >= 4 is 5.91 Å². The summed E-state index contributed by atoms with van der Waals surface area (Å²) in [6.07, 6.45) is 1.62. The van der Waals surface area contributed by atoms with Gasteiger partial charge in [0.2, 0.25) is 0 Å². The van der Waals surface area contributed by atoms with Crippen LogP contribution in [0, 0.1) is 0 Å². The second-order valence-corrected chi connectivity index (χ2v) is 5.48. The minimum absolute atomic E-state index is 0.229. The van der Waals surface area contributed by atoms with Crippen LogP contribution >= 0.6 is 0 Å². The maximum atomic E-state index is 12.1. The number of rotatable bonds is 7. The lowest BCUT2D eigenvalue weighted by molar-refractivity contribution is 0.0949. The summed E-state index contributed by atoms with van der Waals surface area (Å²) in [6, 6.07) is 10.9. The van der Waals surface area contributed by atoms with Gasteiger partial charge in [-0.2, -0.15) is 5.10 Å². The Bertz CT molecular complexity index is 990. The first-order valence-corrected chi connectivity index (χ1v) is 7.93. The molecule has 0 aliphatic rings. The molecule has 1 amide bonds. The van der Waals surface area contributed by atoms with Crippen molar-refractivity contribution < 1.29 is 9.53 Å². The average molecular weight is 355 g/mol. The van der Waals surface area contributed by atoms with Crippen LogP contribution in [-0.4, -0.2) is 32.6 Å². The van der Waals surface area contributed by atoms with Gasteiger partial charge in [0.25, 0.3) is 11.5 Å². The monoisotopic (exact) mass is 355 g/mol. The smallest absolute Gasteiger partial charge is 0.325 e. The van der Waals surface area contributed by atoms with Crippen LogP contribution in [0.2, 0.25) is 0 Å². The Kier molecular flexibility index (Phi) is 5.28. The van der Waals surface area contributed by atoms with Crippen molar-refractivity contribution in [3.05, 3.63) is 80.4 Å². The molecule has 0 spiro atoms. The van der Waals surface area contributed by atoms with Gasteiger partial charge in [-0.25, -0.2) is 4.79 Å². The van der Waals surface area contributed by atoms with E-state index in [1.165, 1.54) is 6.20 Å².